The van der Waals surface area contributed by atoms with Gasteiger partial charge in [0.25, 0.3) is 0 Å². The summed E-state index contributed by atoms with van der Waals surface area (Å²) in [4.78, 5) is 11.3. The van der Waals surface area contributed by atoms with Crippen LogP contribution in [-0.2, 0) is 14.3 Å². The molecule has 0 aromatic rings. The van der Waals surface area contributed by atoms with E-state index in [0.717, 1.165) is 19.3 Å². The first-order valence-electron chi connectivity index (χ1n) is 4.74. The zero-order valence-electron chi connectivity index (χ0n) is 7.44. The molecule has 13 heavy (non-hydrogen) atoms. The van der Waals surface area contributed by atoms with Gasteiger partial charge in [-0.2, -0.15) is 0 Å². The lowest BCUT2D eigenvalue weighted by atomic mass is 9.89. The van der Waals surface area contributed by atoms with Crippen LogP contribution in [0, 0.1) is 5.92 Å². The summed E-state index contributed by atoms with van der Waals surface area (Å²) < 4.78 is 10.2. The maximum absolute atomic E-state index is 11.3. The standard InChI is InChI=1S/C9H14O4/c10-3-4-12-9(11)6-1-2-7-8(5-6)13-7/h6-8,10H,1-5H2/t6-,7-,8-/m1/s1. The van der Waals surface area contributed by atoms with E-state index < -0.39 is 0 Å². The molecule has 1 N–H and O–H groups in total. The molecule has 0 bridgehead atoms. The Morgan fingerprint density at radius 2 is 2.31 bits per heavy atom. The molecule has 2 aliphatic rings. The van der Waals surface area contributed by atoms with Crippen molar-refractivity contribution in [2.45, 2.75) is 31.5 Å². The fraction of sp³-hybridized carbons (Fsp3) is 0.889. The van der Waals surface area contributed by atoms with Gasteiger partial charge in [-0.1, -0.05) is 0 Å². The Labute approximate surface area is 76.8 Å². The van der Waals surface area contributed by atoms with Gasteiger partial charge < -0.3 is 14.6 Å². The van der Waals surface area contributed by atoms with Crippen molar-refractivity contribution in [3.63, 3.8) is 0 Å². The largest absolute Gasteiger partial charge is 0.463 e. The fourth-order valence-electron chi connectivity index (χ4n) is 1.88. The Balaban J connectivity index is 1.75. The molecule has 0 aromatic carbocycles. The number of carbonyl (C=O) groups is 1. The molecule has 0 aromatic heterocycles. The first-order chi connectivity index (χ1) is 6.31. The molecule has 1 saturated heterocycles. The van der Waals surface area contributed by atoms with Crippen LogP contribution in [0.25, 0.3) is 0 Å². The summed E-state index contributed by atoms with van der Waals surface area (Å²) in [5.74, 6) is -0.182. The first-order valence-corrected chi connectivity index (χ1v) is 4.74. The van der Waals surface area contributed by atoms with Gasteiger partial charge in [-0.3, -0.25) is 4.79 Å². The third-order valence-corrected chi connectivity index (χ3v) is 2.67. The molecule has 2 fully saturated rings. The van der Waals surface area contributed by atoms with Crippen molar-refractivity contribution in [3.05, 3.63) is 0 Å². The van der Waals surface area contributed by atoms with Crippen molar-refractivity contribution in [2.75, 3.05) is 13.2 Å². The zero-order chi connectivity index (χ0) is 9.26. The van der Waals surface area contributed by atoms with Crippen molar-refractivity contribution in [3.8, 4) is 0 Å². The number of esters is 1. The Hall–Kier alpha value is -0.610. The van der Waals surface area contributed by atoms with Crippen molar-refractivity contribution < 1.29 is 19.4 Å². The second-order valence-electron chi connectivity index (χ2n) is 3.61. The van der Waals surface area contributed by atoms with Gasteiger partial charge in [-0.15, -0.1) is 0 Å². The Kier molecular flexibility index (Phi) is 2.51. The zero-order valence-corrected chi connectivity index (χ0v) is 7.44. The summed E-state index contributed by atoms with van der Waals surface area (Å²) in [6.45, 7) is 0.0191. The molecular weight excluding hydrogens is 172 g/mol. The number of hydrogen-bond donors (Lipinski definition) is 1. The molecule has 3 atom stereocenters. The highest BCUT2D eigenvalue weighted by atomic mass is 16.6. The molecular formula is C9H14O4. The summed E-state index contributed by atoms with van der Waals surface area (Å²) in [6.07, 6.45) is 3.37. The minimum absolute atomic E-state index is 0.00435. The van der Waals surface area contributed by atoms with Crippen LogP contribution in [0.4, 0.5) is 0 Å². The molecule has 0 radical (unpaired) electrons. The molecule has 4 nitrogen and oxygen atoms in total. The molecule has 0 amide bonds. The normalized spacial score (nSPS) is 36.5. The van der Waals surface area contributed by atoms with Crippen LogP contribution >= 0.6 is 0 Å². The van der Waals surface area contributed by atoms with Crippen LogP contribution in [0.15, 0.2) is 0 Å². The van der Waals surface area contributed by atoms with E-state index in [2.05, 4.69) is 0 Å². The molecule has 1 heterocycles. The van der Waals surface area contributed by atoms with Crippen molar-refractivity contribution >= 4 is 5.97 Å². The molecule has 1 saturated carbocycles. The summed E-state index contributed by atoms with van der Waals surface area (Å²) >= 11 is 0. The van der Waals surface area contributed by atoms with E-state index in [1.807, 2.05) is 0 Å². The highest BCUT2D eigenvalue weighted by Crippen LogP contribution is 2.39. The Bertz CT molecular complexity index is 204. The predicted molar refractivity (Wildman–Crippen MR) is 44.0 cm³/mol. The van der Waals surface area contributed by atoms with Gasteiger partial charge in [0, 0.05) is 0 Å². The van der Waals surface area contributed by atoms with Gasteiger partial charge in [0.05, 0.1) is 24.7 Å². The Morgan fingerprint density at radius 3 is 3.00 bits per heavy atom. The van der Waals surface area contributed by atoms with Crippen LogP contribution < -0.4 is 0 Å². The van der Waals surface area contributed by atoms with Gasteiger partial charge in [-0.05, 0) is 19.3 Å². The Morgan fingerprint density at radius 1 is 1.46 bits per heavy atom. The molecule has 74 valence electrons. The third kappa shape index (κ3) is 2.00. The molecule has 1 aliphatic carbocycles. The van der Waals surface area contributed by atoms with Crippen molar-refractivity contribution in [1.82, 2.24) is 0 Å². The second-order valence-corrected chi connectivity index (χ2v) is 3.61. The van der Waals surface area contributed by atoms with Crippen molar-refractivity contribution in [2.24, 2.45) is 5.92 Å². The van der Waals surface area contributed by atoms with E-state index >= 15 is 0 Å². The van der Waals surface area contributed by atoms with Crippen LogP contribution in [0.2, 0.25) is 0 Å². The van der Waals surface area contributed by atoms with Crippen LogP contribution in [-0.4, -0.2) is 36.5 Å². The van der Waals surface area contributed by atoms with Crippen LogP contribution in [0.3, 0.4) is 0 Å². The lowest BCUT2D eigenvalue weighted by Gasteiger charge is -2.16. The summed E-state index contributed by atoms with van der Waals surface area (Å²) in [6, 6.07) is 0. The minimum Gasteiger partial charge on any atom is -0.463 e. The molecule has 2 rings (SSSR count). The minimum atomic E-state index is -0.178. The monoisotopic (exact) mass is 186 g/mol. The molecule has 0 spiro atoms. The van der Waals surface area contributed by atoms with E-state index in [4.69, 9.17) is 14.6 Å². The predicted octanol–water partition coefficient (Wildman–Crippen LogP) is 0.0894. The second kappa shape index (κ2) is 3.64. The number of fused-ring (bicyclic) bond motifs is 1. The topological polar surface area (TPSA) is 59.1 Å². The lowest BCUT2D eigenvalue weighted by molar-refractivity contribution is -0.150. The van der Waals surface area contributed by atoms with Crippen LogP contribution in [0.1, 0.15) is 19.3 Å². The first kappa shape index (κ1) is 8.97. The average molecular weight is 186 g/mol. The number of aliphatic hydroxyl groups excluding tert-OH is 1. The molecule has 1 aliphatic heterocycles. The number of ether oxygens (including phenoxy) is 2. The summed E-state index contributed by atoms with van der Waals surface area (Å²) in [5, 5.41) is 8.47. The van der Waals surface area contributed by atoms with E-state index in [1.54, 1.807) is 0 Å². The van der Waals surface area contributed by atoms with E-state index in [0.29, 0.717) is 12.2 Å². The van der Waals surface area contributed by atoms with E-state index in [-0.39, 0.29) is 25.1 Å². The fourth-order valence-corrected chi connectivity index (χ4v) is 1.88. The van der Waals surface area contributed by atoms with Gasteiger partial charge in [0.2, 0.25) is 0 Å². The van der Waals surface area contributed by atoms with Crippen LogP contribution in [0.5, 0.6) is 0 Å². The number of aliphatic hydroxyl groups is 1. The lowest BCUT2D eigenvalue weighted by Crippen LogP contribution is -2.24. The van der Waals surface area contributed by atoms with Crippen molar-refractivity contribution in [1.29, 1.82) is 0 Å². The quantitative estimate of drug-likeness (QED) is 0.501. The number of epoxide rings is 1. The van der Waals surface area contributed by atoms with Gasteiger partial charge in [0.15, 0.2) is 0 Å². The van der Waals surface area contributed by atoms with Gasteiger partial charge in [-0.25, -0.2) is 0 Å². The third-order valence-electron chi connectivity index (χ3n) is 2.67. The average Bonchev–Trinajstić information content (AvgIpc) is 2.91. The highest BCUT2D eigenvalue weighted by molar-refractivity contribution is 5.72. The van der Waals surface area contributed by atoms with Gasteiger partial charge in [0.1, 0.15) is 6.61 Å². The summed E-state index contributed by atoms with van der Waals surface area (Å²) in [7, 11) is 0. The highest BCUT2D eigenvalue weighted by Gasteiger charge is 2.46. The number of hydrogen-bond acceptors (Lipinski definition) is 4. The number of carbonyl (C=O) groups excluding carboxylic acids is 1. The summed E-state index contributed by atoms with van der Waals surface area (Å²) in [5.41, 5.74) is 0. The smallest absolute Gasteiger partial charge is 0.309 e. The maximum atomic E-state index is 11.3. The molecule has 4 heteroatoms. The maximum Gasteiger partial charge on any atom is 0.309 e. The van der Waals surface area contributed by atoms with E-state index in [9.17, 15) is 4.79 Å². The SMILES string of the molecule is O=C(OCCO)[C@@H]1CC[C@H]2O[C@@H]2C1. The molecule has 0 unspecified atom stereocenters. The number of rotatable bonds is 3. The van der Waals surface area contributed by atoms with E-state index in [1.165, 1.54) is 0 Å². The van der Waals surface area contributed by atoms with Gasteiger partial charge >= 0.3 is 5.97 Å².